The molecule has 0 aliphatic heterocycles. The van der Waals surface area contributed by atoms with Gasteiger partial charge in [-0.2, -0.15) is 10.4 Å². The number of nitriles is 1. The molecule has 3 nitrogen and oxygen atoms in total. The Kier molecular flexibility index (Phi) is 2.06. The topological polar surface area (TPSA) is 41.6 Å². The summed E-state index contributed by atoms with van der Waals surface area (Å²) in [6.07, 6.45) is 4.29. The molecule has 1 atom stereocenters. The first-order valence-corrected chi connectivity index (χ1v) is 3.27. The van der Waals surface area contributed by atoms with Gasteiger partial charge in [0, 0.05) is 12.4 Å². The molecule has 0 N–H and O–H groups in total. The van der Waals surface area contributed by atoms with Crippen LogP contribution in [0.3, 0.4) is 0 Å². The van der Waals surface area contributed by atoms with Crippen molar-refractivity contribution in [1.29, 1.82) is 5.26 Å². The highest BCUT2D eigenvalue weighted by Gasteiger charge is 2.04. The third-order valence-electron chi connectivity index (χ3n) is 1.38. The van der Waals surface area contributed by atoms with Crippen LogP contribution in [0.2, 0.25) is 0 Å². The maximum absolute atomic E-state index is 8.59. The van der Waals surface area contributed by atoms with E-state index < -0.39 is 0 Å². The van der Waals surface area contributed by atoms with Crippen LogP contribution in [0.4, 0.5) is 0 Å². The Balaban J connectivity index is 2.76. The third-order valence-corrected chi connectivity index (χ3v) is 1.38. The summed E-state index contributed by atoms with van der Waals surface area (Å²) in [5, 5.41) is 12.5. The van der Waals surface area contributed by atoms with Gasteiger partial charge in [-0.05, 0) is 12.5 Å². The van der Waals surface area contributed by atoms with Crippen molar-refractivity contribution in [3.05, 3.63) is 18.5 Å². The maximum Gasteiger partial charge on any atom is 0.138 e. The lowest BCUT2D eigenvalue weighted by atomic mass is 10.3. The number of hydrogen-bond acceptors (Lipinski definition) is 2. The second-order valence-corrected chi connectivity index (χ2v) is 2.04. The summed E-state index contributed by atoms with van der Waals surface area (Å²) in [5.41, 5.74) is 0. The minimum Gasteiger partial charge on any atom is -0.256 e. The van der Waals surface area contributed by atoms with E-state index in [1.54, 1.807) is 17.1 Å². The lowest BCUT2D eigenvalue weighted by Crippen LogP contribution is -2.05. The summed E-state index contributed by atoms with van der Waals surface area (Å²) in [6.45, 7) is 1.97. The monoisotopic (exact) mass is 135 g/mol. The quantitative estimate of drug-likeness (QED) is 0.614. The fourth-order valence-corrected chi connectivity index (χ4v) is 0.802. The van der Waals surface area contributed by atoms with E-state index >= 15 is 0 Å². The van der Waals surface area contributed by atoms with Crippen molar-refractivity contribution in [2.75, 3.05) is 0 Å². The van der Waals surface area contributed by atoms with Gasteiger partial charge in [-0.3, -0.25) is 4.68 Å². The van der Waals surface area contributed by atoms with E-state index in [1.807, 2.05) is 13.0 Å². The van der Waals surface area contributed by atoms with Gasteiger partial charge in [0.1, 0.15) is 6.04 Å². The summed E-state index contributed by atoms with van der Waals surface area (Å²) < 4.78 is 1.67. The fraction of sp³-hybridized carbons (Fsp3) is 0.429. The average molecular weight is 135 g/mol. The molecule has 1 rings (SSSR count). The Bertz CT molecular complexity index is 219. The molecule has 10 heavy (non-hydrogen) atoms. The van der Waals surface area contributed by atoms with E-state index in [1.165, 1.54) is 0 Å². The van der Waals surface area contributed by atoms with Crippen LogP contribution in [0.15, 0.2) is 18.5 Å². The highest BCUT2D eigenvalue weighted by molar-refractivity contribution is 4.90. The lowest BCUT2D eigenvalue weighted by Gasteiger charge is -2.03. The summed E-state index contributed by atoms with van der Waals surface area (Å²) in [5.74, 6) is 0. The Labute approximate surface area is 59.9 Å². The summed E-state index contributed by atoms with van der Waals surface area (Å²) in [4.78, 5) is 0. The van der Waals surface area contributed by atoms with Gasteiger partial charge in [-0.25, -0.2) is 0 Å². The molecule has 1 aromatic rings. The van der Waals surface area contributed by atoms with Crippen LogP contribution in [-0.2, 0) is 0 Å². The fourth-order valence-electron chi connectivity index (χ4n) is 0.802. The van der Waals surface area contributed by atoms with Gasteiger partial charge in [0.15, 0.2) is 0 Å². The zero-order chi connectivity index (χ0) is 7.40. The standard InChI is InChI=1S/C7H9N3/c1-2-7(6-8)10-5-3-4-9-10/h3-5,7H,2H2,1H3. The molecule has 1 aromatic heterocycles. The predicted molar refractivity (Wildman–Crippen MR) is 37.2 cm³/mol. The van der Waals surface area contributed by atoms with Crippen LogP contribution in [-0.4, -0.2) is 9.78 Å². The van der Waals surface area contributed by atoms with Gasteiger partial charge in [-0.15, -0.1) is 0 Å². The molecule has 0 aromatic carbocycles. The van der Waals surface area contributed by atoms with Crippen LogP contribution in [0.5, 0.6) is 0 Å². The molecule has 1 unspecified atom stereocenters. The van der Waals surface area contributed by atoms with E-state index in [0.29, 0.717) is 0 Å². The van der Waals surface area contributed by atoms with E-state index in [9.17, 15) is 0 Å². The third kappa shape index (κ3) is 1.16. The highest BCUT2D eigenvalue weighted by Crippen LogP contribution is 2.06. The van der Waals surface area contributed by atoms with Crippen molar-refractivity contribution in [1.82, 2.24) is 9.78 Å². The van der Waals surface area contributed by atoms with Gasteiger partial charge < -0.3 is 0 Å². The molecule has 1 heterocycles. The maximum atomic E-state index is 8.59. The zero-order valence-corrected chi connectivity index (χ0v) is 5.86. The molecule has 0 spiro atoms. The van der Waals surface area contributed by atoms with Gasteiger partial charge in [-0.1, -0.05) is 6.92 Å². The molecule has 0 saturated carbocycles. The number of aromatic nitrogens is 2. The van der Waals surface area contributed by atoms with Gasteiger partial charge >= 0.3 is 0 Å². The largest absolute Gasteiger partial charge is 0.256 e. The lowest BCUT2D eigenvalue weighted by molar-refractivity contribution is 0.534. The number of nitrogens with zero attached hydrogens (tertiary/aromatic N) is 3. The number of rotatable bonds is 2. The first-order chi connectivity index (χ1) is 4.88. The van der Waals surface area contributed by atoms with Crippen LogP contribution < -0.4 is 0 Å². The van der Waals surface area contributed by atoms with E-state index in [2.05, 4.69) is 11.2 Å². The SMILES string of the molecule is CCC(C#N)n1cccn1. The Hall–Kier alpha value is -1.30. The molecule has 0 radical (unpaired) electrons. The minimum atomic E-state index is -0.102. The van der Waals surface area contributed by atoms with E-state index in [4.69, 9.17) is 5.26 Å². The van der Waals surface area contributed by atoms with Gasteiger partial charge in [0.2, 0.25) is 0 Å². The van der Waals surface area contributed by atoms with Gasteiger partial charge in [0.25, 0.3) is 0 Å². The van der Waals surface area contributed by atoms with Crippen molar-refractivity contribution < 1.29 is 0 Å². The van der Waals surface area contributed by atoms with Crippen molar-refractivity contribution in [3.8, 4) is 6.07 Å². The second-order valence-electron chi connectivity index (χ2n) is 2.04. The molecule has 0 fully saturated rings. The van der Waals surface area contributed by atoms with E-state index in [-0.39, 0.29) is 6.04 Å². The van der Waals surface area contributed by atoms with Crippen LogP contribution in [0.1, 0.15) is 19.4 Å². The van der Waals surface area contributed by atoms with Crippen molar-refractivity contribution >= 4 is 0 Å². The Morgan fingerprint density at radius 1 is 1.80 bits per heavy atom. The number of hydrogen-bond donors (Lipinski definition) is 0. The van der Waals surface area contributed by atoms with Crippen LogP contribution in [0.25, 0.3) is 0 Å². The summed E-state index contributed by atoms with van der Waals surface area (Å²) >= 11 is 0. The average Bonchev–Trinajstić information content (AvgIpc) is 2.43. The summed E-state index contributed by atoms with van der Waals surface area (Å²) in [6, 6.07) is 3.87. The zero-order valence-electron chi connectivity index (χ0n) is 5.86. The molecular formula is C7H9N3. The molecule has 0 amide bonds. The first kappa shape index (κ1) is 6.81. The molecule has 0 aliphatic rings. The van der Waals surface area contributed by atoms with Crippen molar-refractivity contribution in [3.63, 3.8) is 0 Å². The normalized spacial score (nSPS) is 12.4. The highest BCUT2D eigenvalue weighted by atomic mass is 15.3. The Morgan fingerprint density at radius 2 is 2.60 bits per heavy atom. The second kappa shape index (κ2) is 3.02. The molecule has 0 aliphatic carbocycles. The van der Waals surface area contributed by atoms with Crippen molar-refractivity contribution in [2.45, 2.75) is 19.4 Å². The molecule has 3 heteroatoms. The van der Waals surface area contributed by atoms with Crippen LogP contribution >= 0.6 is 0 Å². The predicted octanol–water partition coefficient (Wildman–Crippen LogP) is 1.36. The molecule has 0 saturated heterocycles. The summed E-state index contributed by atoms with van der Waals surface area (Å²) in [7, 11) is 0. The van der Waals surface area contributed by atoms with E-state index in [0.717, 1.165) is 6.42 Å². The smallest absolute Gasteiger partial charge is 0.138 e. The van der Waals surface area contributed by atoms with Crippen LogP contribution in [0, 0.1) is 11.3 Å². The molecule has 52 valence electrons. The van der Waals surface area contributed by atoms with Gasteiger partial charge in [0.05, 0.1) is 6.07 Å². The minimum absolute atomic E-state index is 0.102. The van der Waals surface area contributed by atoms with Crippen molar-refractivity contribution in [2.24, 2.45) is 0 Å². The first-order valence-electron chi connectivity index (χ1n) is 3.27. The molecular weight excluding hydrogens is 126 g/mol. The molecule has 0 bridgehead atoms. The Morgan fingerprint density at radius 3 is 3.00 bits per heavy atom.